The average Bonchev–Trinajstić information content (AvgIpc) is 2.76. The summed E-state index contributed by atoms with van der Waals surface area (Å²) in [6.45, 7) is 0. The lowest BCUT2D eigenvalue weighted by Gasteiger charge is -1.95. The van der Waals surface area contributed by atoms with Gasteiger partial charge in [-0.25, -0.2) is 0 Å². The number of aromatic amines is 1. The molecule has 0 bridgehead atoms. The second-order valence-corrected chi connectivity index (χ2v) is 4.01. The molecule has 0 atom stereocenters. The average molecular weight is 229 g/mol. The molecule has 0 saturated heterocycles. The second kappa shape index (κ2) is 3.65. The molecule has 0 aliphatic rings. The first-order chi connectivity index (χ1) is 7.84. The van der Waals surface area contributed by atoms with Crippen molar-refractivity contribution >= 4 is 22.6 Å². The van der Waals surface area contributed by atoms with Crippen LogP contribution in [0, 0.1) is 0 Å². The van der Waals surface area contributed by atoms with Crippen molar-refractivity contribution in [2.75, 3.05) is 0 Å². The van der Waals surface area contributed by atoms with Gasteiger partial charge in [-0.3, -0.25) is 4.98 Å². The number of hydrogen-bond acceptors (Lipinski definition) is 1. The Labute approximate surface area is 97.9 Å². The highest BCUT2D eigenvalue weighted by Gasteiger charge is 2.05. The fraction of sp³-hybridized carbons (Fsp3) is 0. The number of nitrogens with one attached hydrogen (secondary N) is 1. The first-order valence-electron chi connectivity index (χ1n) is 5.03. The molecule has 0 spiro atoms. The van der Waals surface area contributed by atoms with Crippen molar-refractivity contribution in [3.05, 3.63) is 53.7 Å². The Balaban J connectivity index is 2.23. The molecule has 78 valence electrons. The highest BCUT2D eigenvalue weighted by Crippen LogP contribution is 2.26. The van der Waals surface area contributed by atoms with Gasteiger partial charge in [-0.2, -0.15) is 0 Å². The fourth-order valence-electron chi connectivity index (χ4n) is 1.77. The van der Waals surface area contributed by atoms with Gasteiger partial charge in [-0.15, -0.1) is 0 Å². The van der Waals surface area contributed by atoms with Crippen LogP contribution in [0.5, 0.6) is 0 Å². The Kier molecular flexibility index (Phi) is 2.15. The molecule has 0 saturated carbocycles. The monoisotopic (exact) mass is 228 g/mol. The molecular formula is C13H9ClN2. The molecule has 0 amide bonds. The third-order valence-corrected chi connectivity index (χ3v) is 2.87. The number of nitrogens with zero attached hydrogens (tertiary/aromatic N) is 1. The number of aromatic nitrogens is 2. The van der Waals surface area contributed by atoms with E-state index < -0.39 is 0 Å². The molecule has 2 aromatic heterocycles. The van der Waals surface area contributed by atoms with Crippen LogP contribution < -0.4 is 0 Å². The van der Waals surface area contributed by atoms with Gasteiger partial charge in [0.25, 0.3) is 0 Å². The van der Waals surface area contributed by atoms with Gasteiger partial charge in [-0.05, 0) is 17.7 Å². The van der Waals surface area contributed by atoms with E-state index in [4.69, 9.17) is 11.6 Å². The largest absolute Gasteiger partial charge is 0.352 e. The van der Waals surface area contributed by atoms with Crippen molar-refractivity contribution in [1.29, 1.82) is 0 Å². The van der Waals surface area contributed by atoms with Crippen LogP contribution in [0.1, 0.15) is 0 Å². The highest BCUT2D eigenvalue weighted by atomic mass is 35.5. The van der Waals surface area contributed by atoms with Crippen molar-refractivity contribution in [3.63, 3.8) is 0 Å². The van der Waals surface area contributed by atoms with E-state index in [9.17, 15) is 0 Å². The fourth-order valence-corrected chi connectivity index (χ4v) is 1.97. The number of benzene rings is 1. The number of hydrogen-bond donors (Lipinski definition) is 1. The van der Waals surface area contributed by atoms with Crippen molar-refractivity contribution in [3.8, 4) is 11.3 Å². The van der Waals surface area contributed by atoms with Crippen LogP contribution >= 0.6 is 11.6 Å². The van der Waals surface area contributed by atoms with Gasteiger partial charge in [0.2, 0.25) is 0 Å². The Morgan fingerprint density at radius 1 is 1.06 bits per heavy atom. The molecule has 2 heterocycles. The van der Waals surface area contributed by atoms with Crippen LogP contribution in [0.2, 0.25) is 5.02 Å². The first kappa shape index (κ1) is 9.43. The molecule has 3 aromatic rings. The zero-order valence-electron chi connectivity index (χ0n) is 8.44. The lowest BCUT2D eigenvalue weighted by Crippen LogP contribution is -1.75. The van der Waals surface area contributed by atoms with Crippen molar-refractivity contribution in [1.82, 2.24) is 9.97 Å². The van der Waals surface area contributed by atoms with Crippen molar-refractivity contribution in [2.45, 2.75) is 0 Å². The molecule has 3 rings (SSSR count). The maximum Gasteiger partial charge on any atom is 0.0900 e. The molecule has 0 aliphatic carbocycles. The summed E-state index contributed by atoms with van der Waals surface area (Å²) in [6, 6.07) is 13.9. The van der Waals surface area contributed by atoms with E-state index in [1.807, 2.05) is 24.3 Å². The Hall–Kier alpha value is -1.80. The van der Waals surface area contributed by atoms with E-state index in [0.717, 1.165) is 22.3 Å². The molecule has 1 N–H and O–H groups in total. The summed E-state index contributed by atoms with van der Waals surface area (Å²) in [5, 5.41) is 0.701. The normalized spacial score (nSPS) is 10.8. The molecule has 1 aromatic carbocycles. The van der Waals surface area contributed by atoms with Crippen molar-refractivity contribution in [2.24, 2.45) is 0 Å². The van der Waals surface area contributed by atoms with Crippen LogP contribution in [-0.2, 0) is 0 Å². The molecule has 2 nitrogen and oxygen atoms in total. The summed E-state index contributed by atoms with van der Waals surface area (Å²) in [4.78, 5) is 7.56. The molecular weight excluding hydrogens is 220 g/mol. The predicted molar refractivity (Wildman–Crippen MR) is 66.5 cm³/mol. The number of fused-ring (bicyclic) bond motifs is 1. The lowest BCUT2D eigenvalue weighted by molar-refractivity contribution is 1.40. The summed E-state index contributed by atoms with van der Waals surface area (Å²) < 4.78 is 0. The maximum atomic E-state index is 6.09. The maximum absolute atomic E-state index is 6.09. The van der Waals surface area contributed by atoms with Gasteiger partial charge in [0.1, 0.15) is 0 Å². The van der Waals surface area contributed by atoms with Gasteiger partial charge >= 0.3 is 0 Å². The van der Waals surface area contributed by atoms with E-state index in [1.54, 1.807) is 12.3 Å². The van der Waals surface area contributed by atoms with E-state index in [1.165, 1.54) is 0 Å². The standard InChI is InChI=1S/C13H9ClN2/c14-10-6-7-15-12-8-11(16-13(10)12)9-4-2-1-3-5-9/h1-8,16H. The zero-order valence-corrected chi connectivity index (χ0v) is 9.20. The van der Waals surface area contributed by atoms with Crippen LogP contribution in [-0.4, -0.2) is 9.97 Å². The Morgan fingerprint density at radius 3 is 2.62 bits per heavy atom. The summed E-state index contributed by atoms with van der Waals surface area (Å²) in [6.07, 6.45) is 1.72. The van der Waals surface area contributed by atoms with E-state index in [-0.39, 0.29) is 0 Å². The number of H-pyrrole nitrogens is 1. The molecule has 0 aliphatic heterocycles. The van der Waals surface area contributed by atoms with Crippen LogP contribution in [0.25, 0.3) is 22.3 Å². The van der Waals surface area contributed by atoms with Gasteiger partial charge < -0.3 is 4.98 Å². The topological polar surface area (TPSA) is 28.7 Å². The third kappa shape index (κ3) is 1.48. The minimum atomic E-state index is 0.701. The Bertz CT molecular complexity index is 629. The SMILES string of the molecule is Clc1ccnc2cc(-c3ccccc3)[nH]c12. The number of halogens is 1. The smallest absolute Gasteiger partial charge is 0.0900 e. The number of rotatable bonds is 1. The first-order valence-corrected chi connectivity index (χ1v) is 5.41. The summed E-state index contributed by atoms with van der Waals surface area (Å²) in [7, 11) is 0. The molecule has 16 heavy (non-hydrogen) atoms. The van der Waals surface area contributed by atoms with E-state index in [0.29, 0.717) is 5.02 Å². The number of pyridine rings is 1. The minimum absolute atomic E-state index is 0.701. The third-order valence-electron chi connectivity index (χ3n) is 2.55. The molecule has 0 fully saturated rings. The summed E-state index contributed by atoms with van der Waals surface area (Å²) >= 11 is 6.09. The Morgan fingerprint density at radius 2 is 1.88 bits per heavy atom. The van der Waals surface area contributed by atoms with Crippen LogP contribution in [0.15, 0.2) is 48.7 Å². The van der Waals surface area contributed by atoms with Crippen molar-refractivity contribution < 1.29 is 0 Å². The minimum Gasteiger partial charge on any atom is -0.352 e. The lowest BCUT2D eigenvalue weighted by atomic mass is 10.2. The summed E-state index contributed by atoms with van der Waals surface area (Å²) in [5.41, 5.74) is 3.96. The van der Waals surface area contributed by atoms with Gasteiger partial charge in [-0.1, -0.05) is 41.9 Å². The predicted octanol–water partition coefficient (Wildman–Crippen LogP) is 3.88. The van der Waals surface area contributed by atoms with E-state index >= 15 is 0 Å². The van der Waals surface area contributed by atoms with Gasteiger partial charge in [0, 0.05) is 11.9 Å². The second-order valence-electron chi connectivity index (χ2n) is 3.60. The molecule has 0 unspecified atom stereocenters. The van der Waals surface area contributed by atoms with Crippen LogP contribution in [0.3, 0.4) is 0 Å². The van der Waals surface area contributed by atoms with Gasteiger partial charge in [0.05, 0.1) is 16.1 Å². The highest BCUT2D eigenvalue weighted by molar-refractivity contribution is 6.34. The quantitative estimate of drug-likeness (QED) is 0.673. The summed E-state index contributed by atoms with van der Waals surface area (Å²) in [5.74, 6) is 0. The molecule has 0 radical (unpaired) electrons. The van der Waals surface area contributed by atoms with Crippen LogP contribution in [0.4, 0.5) is 0 Å². The van der Waals surface area contributed by atoms with E-state index in [2.05, 4.69) is 22.1 Å². The molecule has 3 heteroatoms. The van der Waals surface area contributed by atoms with Gasteiger partial charge in [0.15, 0.2) is 0 Å². The zero-order chi connectivity index (χ0) is 11.0.